The molecule has 0 bridgehead atoms. The zero-order chi connectivity index (χ0) is 21.1. The van der Waals surface area contributed by atoms with Crippen molar-refractivity contribution in [2.45, 2.75) is 20.3 Å². The molecule has 2 aliphatic heterocycles. The molecular formula is C22H30N2O5. The quantitative estimate of drug-likeness (QED) is 0.653. The minimum atomic E-state index is -0.292. The predicted molar refractivity (Wildman–Crippen MR) is 110 cm³/mol. The normalized spacial score (nSPS) is 22.5. The van der Waals surface area contributed by atoms with Crippen molar-refractivity contribution in [3.8, 4) is 11.5 Å². The van der Waals surface area contributed by atoms with Crippen molar-refractivity contribution in [2.75, 3.05) is 47.6 Å². The highest BCUT2D eigenvalue weighted by Crippen LogP contribution is 2.38. The van der Waals surface area contributed by atoms with Crippen LogP contribution in [0.25, 0.3) is 5.57 Å². The smallest absolute Gasteiger partial charge is 0.277 e. The monoisotopic (exact) mass is 402 g/mol. The molecule has 29 heavy (non-hydrogen) atoms. The van der Waals surface area contributed by atoms with Crippen LogP contribution in [-0.4, -0.2) is 69.2 Å². The van der Waals surface area contributed by atoms with Gasteiger partial charge < -0.3 is 19.1 Å². The second kappa shape index (κ2) is 8.86. The summed E-state index contributed by atoms with van der Waals surface area (Å²) in [5.41, 5.74) is 1.56. The van der Waals surface area contributed by atoms with Crippen molar-refractivity contribution >= 4 is 17.4 Å². The van der Waals surface area contributed by atoms with Gasteiger partial charge in [-0.05, 0) is 36.0 Å². The van der Waals surface area contributed by atoms with Crippen molar-refractivity contribution in [1.82, 2.24) is 9.80 Å². The number of methoxy groups -OCH3 is 3. The average molecular weight is 402 g/mol. The van der Waals surface area contributed by atoms with Crippen LogP contribution in [0.4, 0.5) is 0 Å². The standard InChI is InChI=1S/C22H30N2O5/c1-14-10-15(2)13-23(12-14)20-19(21(25)24(22(20)26)8-9-27-3)16-6-7-17(28-4)18(11-16)29-5/h6-7,11,14-15H,8-10,12-13H2,1-5H3. The van der Waals surface area contributed by atoms with E-state index in [2.05, 4.69) is 18.7 Å². The van der Waals surface area contributed by atoms with E-state index in [0.29, 0.717) is 46.8 Å². The fourth-order valence-corrected chi connectivity index (χ4v) is 4.34. The molecule has 0 radical (unpaired) electrons. The maximum absolute atomic E-state index is 13.3. The molecule has 2 aliphatic rings. The minimum Gasteiger partial charge on any atom is -0.493 e. The second-order valence-corrected chi connectivity index (χ2v) is 7.90. The average Bonchev–Trinajstić information content (AvgIpc) is 2.95. The lowest BCUT2D eigenvalue weighted by Gasteiger charge is -2.37. The topological polar surface area (TPSA) is 68.3 Å². The summed E-state index contributed by atoms with van der Waals surface area (Å²) in [7, 11) is 4.68. The molecular weight excluding hydrogens is 372 g/mol. The summed E-state index contributed by atoms with van der Waals surface area (Å²) >= 11 is 0. The van der Waals surface area contributed by atoms with Gasteiger partial charge >= 0.3 is 0 Å². The third kappa shape index (κ3) is 4.10. The highest BCUT2D eigenvalue weighted by molar-refractivity contribution is 6.35. The Morgan fingerprint density at radius 2 is 1.62 bits per heavy atom. The number of benzene rings is 1. The first kappa shape index (κ1) is 21.2. The first-order valence-corrected chi connectivity index (χ1v) is 9.98. The van der Waals surface area contributed by atoms with Crippen molar-refractivity contribution in [3.63, 3.8) is 0 Å². The van der Waals surface area contributed by atoms with Gasteiger partial charge in [0.15, 0.2) is 11.5 Å². The molecule has 0 spiro atoms. The summed E-state index contributed by atoms with van der Waals surface area (Å²) in [6, 6.07) is 5.32. The number of ether oxygens (including phenoxy) is 3. The van der Waals surface area contributed by atoms with E-state index in [1.807, 2.05) is 0 Å². The number of piperidine rings is 1. The molecule has 7 nitrogen and oxygen atoms in total. The third-order valence-electron chi connectivity index (χ3n) is 5.52. The fraction of sp³-hybridized carbons (Fsp3) is 0.545. The summed E-state index contributed by atoms with van der Waals surface area (Å²) in [5.74, 6) is 1.46. The molecule has 2 atom stereocenters. The maximum Gasteiger partial charge on any atom is 0.277 e. The largest absolute Gasteiger partial charge is 0.493 e. The minimum absolute atomic E-state index is 0.230. The number of nitrogens with zero attached hydrogens (tertiary/aromatic N) is 2. The van der Waals surface area contributed by atoms with Crippen LogP contribution in [0.15, 0.2) is 23.9 Å². The van der Waals surface area contributed by atoms with Crippen molar-refractivity contribution < 1.29 is 23.8 Å². The van der Waals surface area contributed by atoms with E-state index in [1.165, 1.54) is 4.90 Å². The van der Waals surface area contributed by atoms with E-state index in [-0.39, 0.29) is 18.4 Å². The van der Waals surface area contributed by atoms with Gasteiger partial charge in [-0.25, -0.2) is 0 Å². The summed E-state index contributed by atoms with van der Waals surface area (Å²) in [5, 5.41) is 0. The van der Waals surface area contributed by atoms with Crippen LogP contribution in [0.3, 0.4) is 0 Å². The van der Waals surface area contributed by atoms with Gasteiger partial charge in [0.1, 0.15) is 5.70 Å². The Bertz CT molecular complexity index is 809. The highest BCUT2D eigenvalue weighted by atomic mass is 16.5. The summed E-state index contributed by atoms with van der Waals surface area (Å²) in [6.07, 6.45) is 1.12. The first-order chi connectivity index (χ1) is 13.9. The number of carbonyl (C=O) groups is 2. The summed E-state index contributed by atoms with van der Waals surface area (Å²) < 4.78 is 15.8. The zero-order valence-electron chi connectivity index (χ0n) is 17.9. The number of hydrogen-bond acceptors (Lipinski definition) is 6. The van der Waals surface area contributed by atoms with Crippen LogP contribution in [0, 0.1) is 11.8 Å². The molecule has 7 heteroatoms. The van der Waals surface area contributed by atoms with Gasteiger partial charge in [0.2, 0.25) is 0 Å². The van der Waals surface area contributed by atoms with Gasteiger partial charge in [0.25, 0.3) is 11.8 Å². The lowest BCUT2D eigenvalue weighted by atomic mass is 9.91. The molecule has 1 aromatic carbocycles. The van der Waals surface area contributed by atoms with E-state index < -0.39 is 0 Å². The maximum atomic E-state index is 13.3. The molecule has 2 heterocycles. The van der Waals surface area contributed by atoms with Crippen LogP contribution in [0.1, 0.15) is 25.8 Å². The Morgan fingerprint density at radius 3 is 2.21 bits per heavy atom. The van der Waals surface area contributed by atoms with Gasteiger partial charge in [-0.3, -0.25) is 14.5 Å². The lowest BCUT2D eigenvalue weighted by molar-refractivity contribution is -0.138. The number of hydrogen-bond donors (Lipinski definition) is 0. The first-order valence-electron chi connectivity index (χ1n) is 9.98. The van der Waals surface area contributed by atoms with Crippen molar-refractivity contribution in [2.24, 2.45) is 11.8 Å². The molecule has 0 aromatic heterocycles. The number of likely N-dealkylation sites (tertiary alicyclic amines) is 1. The molecule has 2 amide bonds. The van der Waals surface area contributed by atoms with Crippen molar-refractivity contribution in [3.05, 3.63) is 29.5 Å². The molecule has 0 aliphatic carbocycles. The van der Waals surface area contributed by atoms with Crippen LogP contribution in [0.2, 0.25) is 0 Å². The zero-order valence-corrected chi connectivity index (χ0v) is 17.9. The molecule has 2 unspecified atom stereocenters. The van der Waals surface area contributed by atoms with Gasteiger partial charge in [-0.15, -0.1) is 0 Å². The van der Waals surface area contributed by atoms with E-state index in [4.69, 9.17) is 14.2 Å². The molecule has 3 rings (SSSR count). The number of amides is 2. The fourth-order valence-electron chi connectivity index (χ4n) is 4.34. The second-order valence-electron chi connectivity index (χ2n) is 7.90. The summed E-state index contributed by atoms with van der Waals surface area (Å²) in [6.45, 7) is 6.41. The van der Waals surface area contributed by atoms with E-state index in [0.717, 1.165) is 19.5 Å². The van der Waals surface area contributed by atoms with Crippen molar-refractivity contribution in [1.29, 1.82) is 0 Å². The van der Waals surface area contributed by atoms with E-state index >= 15 is 0 Å². The predicted octanol–water partition coefficient (Wildman–Crippen LogP) is 2.41. The molecule has 0 saturated carbocycles. The lowest BCUT2D eigenvalue weighted by Crippen LogP contribution is -2.42. The van der Waals surface area contributed by atoms with Crippen LogP contribution < -0.4 is 9.47 Å². The third-order valence-corrected chi connectivity index (χ3v) is 5.52. The number of rotatable bonds is 7. The summed E-state index contributed by atoms with van der Waals surface area (Å²) in [4.78, 5) is 29.9. The van der Waals surface area contributed by atoms with Crippen LogP contribution in [-0.2, 0) is 14.3 Å². The molecule has 1 fully saturated rings. The van der Waals surface area contributed by atoms with Gasteiger partial charge in [-0.2, -0.15) is 0 Å². The van der Waals surface area contributed by atoms with Crippen LogP contribution in [0.5, 0.6) is 11.5 Å². The Labute approximate surface area is 172 Å². The Morgan fingerprint density at radius 1 is 0.966 bits per heavy atom. The molecule has 0 N–H and O–H groups in total. The number of carbonyl (C=O) groups excluding carboxylic acids is 2. The van der Waals surface area contributed by atoms with Gasteiger partial charge in [0.05, 0.1) is 32.9 Å². The van der Waals surface area contributed by atoms with Gasteiger partial charge in [-0.1, -0.05) is 19.9 Å². The Balaban J connectivity index is 2.09. The van der Waals surface area contributed by atoms with E-state index in [9.17, 15) is 9.59 Å². The molecule has 1 saturated heterocycles. The molecule has 158 valence electrons. The highest BCUT2D eigenvalue weighted by Gasteiger charge is 2.42. The number of imide groups is 1. The van der Waals surface area contributed by atoms with Gasteiger partial charge in [0, 0.05) is 20.2 Å². The van der Waals surface area contributed by atoms with E-state index in [1.54, 1.807) is 39.5 Å². The van der Waals surface area contributed by atoms with Crippen LogP contribution >= 0.6 is 0 Å². The SMILES string of the molecule is COCCN1C(=O)C(c2ccc(OC)c(OC)c2)=C(N2CC(C)CC(C)C2)C1=O. The Hall–Kier alpha value is -2.54. The Kier molecular flexibility index (Phi) is 6.47. The molecule has 1 aromatic rings.